The summed E-state index contributed by atoms with van der Waals surface area (Å²) in [5.74, 6) is 0.883. The van der Waals surface area contributed by atoms with Crippen LogP contribution in [0.2, 0.25) is 0 Å². The Balaban J connectivity index is 1.19. The molecular formula is C38H38N2O2S2. The Bertz CT molecular complexity index is 1630. The van der Waals surface area contributed by atoms with Gasteiger partial charge in [0.25, 0.3) is 0 Å². The largest absolute Gasteiger partial charge is 0.398 e. The summed E-state index contributed by atoms with van der Waals surface area (Å²) in [6.07, 6.45) is 12.6. The van der Waals surface area contributed by atoms with E-state index in [4.69, 9.17) is 11.5 Å². The van der Waals surface area contributed by atoms with Gasteiger partial charge in [0, 0.05) is 53.2 Å². The molecule has 3 aliphatic carbocycles. The van der Waals surface area contributed by atoms with Gasteiger partial charge in [0.2, 0.25) is 0 Å². The predicted molar refractivity (Wildman–Crippen MR) is 181 cm³/mol. The number of hydrogen-bond acceptors (Lipinski definition) is 6. The lowest BCUT2D eigenvalue weighted by atomic mass is 9.84. The van der Waals surface area contributed by atoms with Gasteiger partial charge in [0.15, 0.2) is 11.6 Å². The van der Waals surface area contributed by atoms with Crippen molar-refractivity contribution in [1.29, 1.82) is 0 Å². The number of nitrogen functional groups attached to an aromatic ring is 2. The van der Waals surface area contributed by atoms with Crippen molar-refractivity contribution in [3.05, 3.63) is 106 Å². The number of fused-ring (bicyclic) bond motifs is 2. The molecule has 224 valence electrons. The maximum absolute atomic E-state index is 14.3. The average molecular weight is 619 g/mol. The van der Waals surface area contributed by atoms with Crippen molar-refractivity contribution in [3.8, 4) is 0 Å². The van der Waals surface area contributed by atoms with Gasteiger partial charge in [-0.3, -0.25) is 9.59 Å². The molecule has 0 spiro atoms. The Kier molecular flexibility index (Phi) is 8.30. The molecule has 0 bridgehead atoms. The molecule has 4 aromatic carbocycles. The molecule has 0 aliphatic heterocycles. The van der Waals surface area contributed by atoms with Crippen LogP contribution in [0.15, 0.2) is 92.4 Å². The van der Waals surface area contributed by atoms with E-state index < -0.39 is 0 Å². The molecule has 44 heavy (non-hydrogen) atoms. The fraction of sp³-hybridized carbons (Fsp3) is 0.316. The Morgan fingerprint density at radius 1 is 0.500 bits per heavy atom. The third kappa shape index (κ3) is 5.59. The van der Waals surface area contributed by atoms with Crippen LogP contribution in [0.4, 0.5) is 11.4 Å². The normalized spacial score (nSPS) is 17.4. The van der Waals surface area contributed by atoms with Crippen LogP contribution in [-0.4, -0.2) is 11.6 Å². The summed E-state index contributed by atoms with van der Waals surface area (Å²) in [6.45, 7) is 0. The molecule has 4 aromatic rings. The van der Waals surface area contributed by atoms with Crippen LogP contribution >= 0.6 is 23.5 Å². The molecule has 0 atom stereocenters. The molecule has 0 heterocycles. The second-order valence-corrected chi connectivity index (χ2v) is 14.7. The van der Waals surface area contributed by atoms with Crippen molar-refractivity contribution >= 4 is 46.5 Å². The second-order valence-electron chi connectivity index (χ2n) is 12.5. The zero-order valence-corrected chi connectivity index (χ0v) is 26.6. The maximum Gasteiger partial charge on any atom is 0.196 e. The summed E-state index contributed by atoms with van der Waals surface area (Å²) in [5.41, 5.74) is 19.0. The first-order valence-electron chi connectivity index (χ1n) is 16.0. The lowest BCUT2D eigenvalue weighted by molar-refractivity contribution is 0.0974. The summed E-state index contributed by atoms with van der Waals surface area (Å²) in [4.78, 5) is 31.4. The summed E-state index contributed by atoms with van der Waals surface area (Å²) >= 11 is 2.93. The van der Waals surface area contributed by atoms with Crippen LogP contribution in [0.3, 0.4) is 0 Å². The Morgan fingerprint density at radius 2 is 0.932 bits per heavy atom. The highest BCUT2D eigenvalue weighted by molar-refractivity contribution is 8.00. The lowest BCUT2D eigenvalue weighted by Gasteiger charge is -2.24. The number of nitrogens with two attached hydrogens (primary N) is 2. The first-order chi connectivity index (χ1) is 21.5. The van der Waals surface area contributed by atoms with Gasteiger partial charge in [0.05, 0.1) is 0 Å². The number of rotatable bonds is 6. The molecule has 0 saturated heterocycles. The van der Waals surface area contributed by atoms with Gasteiger partial charge in [-0.15, -0.1) is 0 Å². The highest BCUT2D eigenvalue weighted by Crippen LogP contribution is 2.44. The molecule has 3 aliphatic rings. The van der Waals surface area contributed by atoms with Gasteiger partial charge in [-0.05, 0) is 85.0 Å². The first kappa shape index (κ1) is 29.2. The summed E-state index contributed by atoms with van der Waals surface area (Å²) < 4.78 is 0. The van der Waals surface area contributed by atoms with Gasteiger partial charge in [-0.2, -0.15) is 0 Å². The van der Waals surface area contributed by atoms with E-state index >= 15 is 0 Å². The van der Waals surface area contributed by atoms with Crippen molar-refractivity contribution in [2.45, 2.75) is 95.6 Å². The van der Waals surface area contributed by atoms with Gasteiger partial charge in [-0.1, -0.05) is 98.4 Å². The van der Waals surface area contributed by atoms with Crippen LogP contribution in [-0.2, 0) is 0 Å². The third-order valence-corrected chi connectivity index (χ3v) is 12.0. The zero-order chi connectivity index (χ0) is 30.2. The lowest BCUT2D eigenvalue weighted by Crippen LogP contribution is -2.22. The Labute approximate surface area is 268 Å². The van der Waals surface area contributed by atoms with E-state index in [2.05, 4.69) is 36.4 Å². The molecule has 2 fully saturated rings. The van der Waals surface area contributed by atoms with Gasteiger partial charge < -0.3 is 11.5 Å². The summed E-state index contributed by atoms with van der Waals surface area (Å²) in [6, 6.07) is 23.8. The molecule has 0 aromatic heterocycles. The third-order valence-electron chi connectivity index (χ3n) is 9.66. The summed E-state index contributed by atoms with van der Waals surface area (Å²) in [5, 5.41) is 0. The van der Waals surface area contributed by atoms with E-state index in [1.54, 1.807) is 12.1 Å². The monoisotopic (exact) mass is 618 g/mol. The van der Waals surface area contributed by atoms with Crippen LogP contribution in [0.5, 0.6) is 0 Å². The maximum atomic E-state index is 14.3. The highest BCUT2D eigenvalue weighted by atomic mass is 32.2. The van der Waals surface area contributed by atoms with Gasteiger partial charge in [-0.25, -0.2) is 0 Å². The van der Waals surface area contributed by atoms with Crippen molar-refractivity contribution in [1.82, 2.24) is 0 Å². The van der Waals surface area contributed by atoms with Crippen LogP contribution in [0.1, 0.15) is 119 Å². The van der Waals surface area contributed by atoms with Crippen LogP contribution < -0.4 is 11.5 Å². The van der Waals surface area contributed by atoms with E-state index in [-0.39, 0.29) is 11.6 Å². The quantitative estimate of drug-likeness (QED) is 0.184. The highest BCUT2D eigenvalue weighted by Gasteiger charge is 2.34. The first-order valence-corrected chi connectivity index (χ1v) is 17.6. The molecule has 0 radical (unpaired) electrons. The van der Waals surface area contributed by atoms with Crippen molar-refractivity contribution in [3.63, 3.8) is 0 Å². The van der Waals surface area contributed by atoms with Gasteiger partial charge in [0.1, 0.15) is 0 Å². The molecule has 7 rings (SSSR count). The Morgan fingerprint density at radius 3 is 1.34 bits per heavy atom. The molecule has 2 saturated carbocycles. The standard InChI is InChI=1S/C38H38N2O2S2/c39-29-21-25(23-9-3-1-4-10-23)17-19-31(29)43-33-15-7-13-27-35(33)38(42)36-28(37(27)41)14-8-16-34(36)44-32-20-18-26(22-30(32)40)24-11-5-2-6-12-24/h7-8,13-24H,1-6,9-12,39-40H2. The SMILES string of the molecule is Nc1cc(C2CCCCC2)ccc1Sc1cccc2c1C(=O)c1c(Sc3ccc(C4CCCCC4)cc3N)cccc1C2=O. The topological polar surface area (TPSA) is 86.2 Å². The molecule has 0 amide bonds. The molecular weight excluding hydrogens is 581 g/mol. The number of ketones is 2. The minimum Gasteiger partial charge on any atom is -0.398 e. The minimum atomic E-state index is -0.129. The van der Waals surface area contributed by atoms with Crippen LogP contribution in [0.25, 0.3) is 0 Å². The van der Waals surface area contributed by atoms with Crippen molar-refractivity contribution < 1.29 is 9.59 Å². The number of anilines is 2. The van der Waals surface area contributed by atoms with Crippen molar-refractivity contribution in [2.75, 3.05) is 11.5 Å². The zero-order valence-electron chi connectivity index (χ0n) is 24.9. The second kappa shape index (κ2) is 12.5. The fourth-order valence-electron chi connectivity index (χ4n) is 7.29. The average Bonchev–Trinajstić information content (AvgIpc) is 3.06. The number of carbonyl (C=O) groups is 2. The number of hydrogen-bond donors (Lipinski definition) is 2. The molecule has 4 nitrogen and oxygen atoms in total. The van der Waals surface area contributed by atoms with Crippen LogP contribution in [0, 0.1) is 0 Å². The predicted octanol–water partition coefficient (Wildman–Crippen LogP) is 10.0. The van der Waals surface area contributed by atoms with E-state index in [1.807, 2.05) is 24.3 Å². The smallest absolute Gasteiger partial charge is 0.196 e. The van der Waals surface area contributed by atoms with E-state index in [1.165, 1.54) is 98.9 Å². The van der Waals surface area contributed by atoms with Crippen molar-refractivity contribution in [2.24, 2.45) is 0 Å². The number of carbonyl (C=O) groups excluding carboxylic acids is 2. The van der Waals surface area contributed by atoms with Gasteiger partial charge >= 0.3 is 0 Å². The van der Waals surface area contributed by atoms with E-state index in [0.717, 1.165) is 19.6 Å². The summed E-state index contributed by atoms with van der Waals surface area (Å²) in [7, 11) is 0. The molecule has 4 N–H and O–H groups in total. The number of benzene rings is 4. The van der Waals surface area contributed by atoms with E-state index in [0.29, 0.717) is 45.5 Å². The fourth-order valence-corrected chi connectivity index (χ4v) is 9.29. The molecule has 6 heteroatoms. The van der Waals surface area contributed by atoms with E-state index in [9.17, 15) is 9.59 Å². The molecule has 0 unspecified atom stereocenters. The Hall–Kier alpha value is -3.48. The minimum absolute atomic E-state index is 0.124.